The van der Waals surface area contributed by atoms with Crippen LogP contribution in [0.5, 0.6) is 0 Å². The molecule has 1 aliphatic rings. The van der Waals surface area contributed by atoms with E-state index in [9.17, 15) is 5.11 Å². The van der Waals surface area contributed by atoms with Crippen LogP contribution in [-0.4, -0.2) is 10.7 Å². The maximum absolute atomic E-state index is 10.1. The van der Waals surface area contributed by atoms with Crippen molar-refractivity contribution in [1.82, 2.24) is 0 Å². The molecule has 68 valence electrons. The van der Waals surface area contributed by atoms with E-state index >= 15 is 0 Å². The van der Waals surface area contributed by atoms with Gasteiger partial charge in [0.25, 0.3) is 0 Å². The van der Waals surface area contributed by atoms with Crippen LogP contribution < -0.4 is 0 Å². The van der Waals surface area contributed by atoms with E-state index in [4.69, 9.17) is 0 Å². The molecule has 1 fully saturated rings. The number of rotatable bonds is 2. The lowest BCUT2D eigenvalue weighted by molar-refractivity contribution is -0.151. The maximum Gasteiger partial charge on any atom is 0.0707 e. The summed E-state index contributed by atoms with van der Waals surface area (Å²) in [5, 5.41) is 10.1. The highest BCUT2D eigenvalue weighted by atomic mass is 16.3. The average Bonchev–Trinajstić information content (AvgIpc) is 2.03. The Balaban J connectivity index is 2.44. The molecule has 0 heterocycles. The molecule has 1 atom stereocenters. The summed E-state index contributed by atoms with van der Waals surface area (Å²) in [7, 11) is 0. The highest BCUT2D eigenvalue weighted by Gasteiger charge is 2.50. The minimum Gasteiger partial charge on any atom is -0.389 e. The molecule has 1 saturated carbocycles. The standard InChI is InChI=1S/C11H18O/c1-4-5-6-7-11(12)9-8-10(11,2)3/h12H,6-9H2,1-3H3. The molecule has 0 amide bonds. The van der Waals surface area contributed by atoms with Gasteiger partial charge in [0, 0.05) is 6.42 Å². The first-order chi connectivity index (χ1) is 5.52. The summed E-state index contributed by atoms with van der Waals surface area (Å²) in [5.41, 5.74) is -0.320. The van der Waals surface area contributed by atoms with E-state index in [1.807, 2.05) is 6.92 Å². The Morgan fingerprint density at radius 3 is 2.33 bits per heavy atom. The minimum atomic E-state index is -0.434. The third kappa shape index (κ3) is 1.49. The van der Waals surface area contributed by atoms with Gasteiger partial charge in [-0.3, -0.25) is 0 Å². The molecule has 0 bridgehead atoms. The zero-order chi connectivity index (χ0) is 9.24. The van der Waals surface area contributed by atoms with E-state index in [1.54, 1.807) is 0 Å². The van der Waals surface area contributed by atoms with Gasteiger partial charge < -0.3 is 5.11 Å². The summed E-state index contributed by atoms with van der Waals surface area (Å²) in [5.74, 6) is 5.86. The van der Waals surface area contributed by atoms with Crippen molar-refractivity contribution >= 4 is 0 Å². The third-order valence-electron chi connectivity index (χ3n) is 3.26. The van der Waals surface area contributed by atoms with E-state index < -0.39 is 5.60 Å². The second-order valence-electron chi connectivity index (χ2n) is 4.34. The van der Waals surface area contributed by atoms with E-state index in [-0.39, 0.29) is 5.41 Å². The Morgan fingerprint density at radius 2 is 2.00 bits per heavy atom. The highest BCUT2D eigenvalue weighted by molar-refractivity contribution is 5.06. The van der Waals surface area contributed by atoms with Crippen LogP contribution in [0.25, 0.3) is 0 Å². The zero-order valence-electron chi connectivity index (χ0n) is 8.28. The predicted octanol–water partition coefficient (Wildman–Crippen LogP) is 2.34. The Hall–Kier alpha value is -0.480. The molecule has 0 aliphatic heterocycles. The first-order valence-electron chi connectivity index (χ1n) is 4.64. The van der Waals surface area contributed by atoms with Crippen LogP contribution >= 0.6 is 0 Å². The first-order valence-corrected chi connectivity index (χ1v) is 4.64. The molecule has 1 rings (SSSR count). The quantitative estimate of drug-likeness (QED) is 0.624. The lowest BCUT2D eigenvalue weighted by Crippen LogP contribution is -2.53. The number of aliphatic hydroxyl groups is 1. The van der Waals surface area contributed by atoms with Gasteiger partial charge in [0.2, 0.25) is 0 Å². The molecule has 12 heavy (non-hydrogen) atoms. The Bertz CT molecular complexity index is 219. The molecule has 1 aliphatic carbocycles. The van der Waals surface area contributed by atoms with E-state index in [0.29, 0.717) is 0 Å². The molecule has 0 aromatic rings. The fourth-order valence-corrected chi connectivity index (χ4v) is 1.77. The van der Waals surface area contributed by atoms with Crippen molar-refractivity contribution in [3.05, 3.63) is 0 Å². The van der Waals surface area contributed by atoms with Gasteiger partial charge in [-0.15, -0.1) is 11.8 Å². The van der Waals surface area contributed by atoms with Crippen LogP contribution in [0.1, 0.15) is 46.5 Å². The van der Waals surface area contributed by atoms with Crippen LogP contribution in [0.3, 0.4) is 0 Å². The Kier molecular flexibility index (Phi) is 2.49. The molecule has 0 aromatic carbocycles. The summed E-state index contributed by atoms with van der Waals surface area (Å²) in [4.78, 5) is 0. The number of hydrogen-bond acceptors (Lipinski definition) is 1. The fraction of sp³-hybridized carbons (Fsp3) is 0.818. The largest absolute Gasteiger partial charge is 0.389 e. The van der Waals surface area contributed by atoms with Crippen LogP contribution in [0.4, 0.5) is 0 Å². The molecular formula is C11H18O. The first kappa shape index (κ1) is 9.61. The molecule has 1 N–H and O–H groups in total. The predicted molar refractivity (Wildman–Crippen MR) is 50.6 cm³/mol. The summed E-state index contributed by atoms with van der Waals surface area (Å²) in [6.07, 6.45) is 3.76. The molecule has 0 spiro atoms. The van der Waals surface area contributed by atoms with Crippen molar-refractivity contribution in [3.63, 3.8) is 0 Å². The van der Waals surface area contributed by atoms with Crippen molar-refractivity contribution in [2.24, 2.45) is 5.41 Å². The second-order valence-corrected chi connectivity index (χ2v) is 4.34. The molecular weight excluding hydrogens is 148 g/mol. The van der Waals surface area contributed by atoms with Gasteiger partial charge in [-0.05, 0) is 31.6 Å². The maximum atomic E-state index is 10.1. The van der Waals surface area contributed by atoms with E-state index in [1.165, 1.54) is 0 Å². The van der Waals surface area contributed by atoms with Gasteiger partial charge in [0.05, 0.1) is 5.60 Å². The average molecular weight is 166 g/mol. The normalized spacial score (nSPS) is 31.7. The smallest absolute Gasteiger partial charge is 0.0707 e. The summed E-state index contributed by atoms with van der Waals surface area (Å²) in [6.45, 7) is 6.11. The van der Waals surface area contributed by atoms with Crippen LogP contribution in [-0.2, 0) is 0 Å². The molecule has 0 aromatic heterocycles. The van der Waals surface area contributed by atoms with Crippen LogP contribution in [0.15, 0.2) is 0 Å². The van der Waals surface area contributed by atoms with Crippen LogP contribution in [0.2, 0.25) is 0 Å². The minimum absolute atomic E-state index is 0.114. The highest BCUT2D eigenvalue weighted by Crippen LogP contribution is 2.51. The molecule has 1 heteroatoms. The topological polar surface area (TPSA) is 20.2 Å². The molecule has 0 saturated heterocycles. The lowest BCUT2D eigenvalue weighted by atomic mass is 9.57. The summed E-state index contributed by atoms with van der Waals surface area (Å²) in [6, 6.07) is 0. The van der Waals surface area contributed by atoms with Gasteiger partial charge in [0.15, 0.2) is 0 Å². The van der Waals surface area contributed by atoms with Crippen molar-refractivity contribution < 1.29 is 5.11 Å². The van der Waals surface area contributed by atoms with Crippen molar-refractivity contribution in [2.45, 2.75) is 52.1 Å². The lowest BCUT2D eigenvalue weighted by Gasteiger charge is -2.52. The van der Waals surface area contributed by atoms with E-state index in [2.05, 4.69) is 25.7 Å². The van der Waals surface area contributed by atoms with Crippen molar-refractivity contribution in [2.75, 3.05) is 0 Å². The third-order valence-corrected chi connectivity index (χ3v) is 3.26. The summed E-state index contributed by atoms with van der Waals surface area (Å²) < 4.78 is 0. The number of hydrogen-bond donors (Lipinski definition) is 1. The van der Waals surface area contributed by atoms with Gasteiger partial charge >= 0.3 is 0 Å². The monoisotopic (exact) mass is 166 g/mol. The second kappa shape index (κ2) is 3.11. The van der Waals surface area contributed by atoms with Gasteiger partial charge in [-0.25, -0.2) is 0 Å². The summed E-state index contributed by atoms with van der Waals surface area (Å²) >= 11 is 0. The Morgan fingerprint density at radius 1 is 1.33 bits per heavy atom. The Labute approximate surface area is 75.2 Å². The van der Waals surface area contributed by atoms with E-state index in [0.717, 1.165) is 25.7 Å². The van der Waals surface area contributed by atoms with Crippen LogP contribution in [0, 0.1) is 17.3 Å². The van der Waals surface area contributed by atoms with Gasteiger partial charge in [-0.2, -0.15) is 0 Å². The zero-order valence-corrected chi connectivity index (χ0v) is 8.28. The SMILES string of the molecule is CC#CCCC1(O)CCC1(C)C. The fourth-order valence-electron chi connectivity index (χ4n) is 1.77. The molecule has 0 radical (unpaired) electrons. The van der Waals surface area contributed by atoms with Gasteiger partial charge in [-0.1, -0.05) is 13.8 Å². The molecule has 1 unspecified atom stereocenters. The van der Waals surface area contributed by atoms with Crippen molar-refractivity contribution in [3.8, 4) is 11.8 Å². The molecule has 1 nitrogen and oxygen atoms in total. The van der Waals surface area contributed by atoms with Crippen molar-refractivity contribution in [1.29, 1.82) is 0 Å². The van der Waals surface area contributed by atoms with Gasteiger partial charge in [0.1, 0.15) is 0 Å².